The fraction of sp³-hybridized carbons (Fsp3) is 0.440. The average molecular weight is 392 g/mol. The number of nitrogens with zero attached hydrogens (tertiary/aromatic N) is 3. The summed E-state index contributed by atoms with van der Waals surface area (Å²) < 4.78 is 2.06. The number of hydrogen-bond acceptors (Lipinski definition) is 2. The van der Waals surface area contributed by atoms with Crippen molar-refractivity contribution in [3.05, 3.63) is 65.1 Å². The maximum Gasteiger partial charge on any atom is 0.242 e. The highest BCUT2D eigenvalue weighted by Crippen LogP contribution is 2.31. The second-order valence-electron chi connectivity index (χ2n) is 7.78. The van der Waals surface area contributed by atoms with Gasteiger partial charge in [0.15, 0.2) is 0 Å². The monoisotopic (exact) mass is 391 g/mol. The van der Waals surface area contributed by atoms with Crippen molar-refractivity contribution in [2.75, 3.05) is 13.1 Å². The van der Waals surface area contributed by atoms with Gasteiger partial charge in [0, 0.05) is 37.1 Å². The molecular formula is C25H33N3O. The van der Waals surface area contributed by atoms with Crippen molar-refractivity contribution in [1.82, 2.24) is 14.5 Å². The van der Waals surface area contributed by atoms with E-state index in [2.05, 4.69) is 54.7 Å². The summed E-state index contributed by atoms with van der Waals surface area (Å²) in [5.74, 6) is 0.776. The van der Waals surface area contributed by atoms with E-state index in [-0.39, 0.29) is 5.91 Å². The molecule has 4 nitrogen and oxygen atoms in total. The fourth-order valence-corrected chi connectivity index (χ4v) is 4.35. The number of hydrogen-bond donors (Lipinski definition) is 0. The highest BCUT2D eigenvalue weighted by Gasteiger charge is 2.25. The Bertz CT molecular complexity index is 981. The molecule has 0 spiro atoms. The SMILES string of the molecule is CC.Cc1cccc(C2CCN(C(=O)Cn3cc(C)c4cnccc43)CC2)c1C. The lowest BCUT2D eigenvalue weighted by atomic mass is 9.85. The Morgan fingerprint density at radius 1 is 1.07 bits per heavy atom. The van der Waals surface area contributed by atoms with Gasteiger partial charge in [-0.05, 0) is 67.9 Å². The molecule has 1 fully saturated rings. The van der Waals surface area contributed by atoms with Crippen LogP contribution in [0.25, 0.3) is 10.9 Å². The number of carbonyl (C=O) groups excluding carboxylic acids is 1. The Morgan fingerprint density at radius 2 is 1.79 bits per heavy atom. The zero-order valence-electron chi connectivity index (χ0n) is 18.4. The van der Waals surface area contributed by atoms with Crippen molar-refractivity contribution in [3.8, 4) is 0 Å². The first-order valence-electron chi connectivity index (χ1n) is 10.8. The molecule has 0 atom stereocenters. The van der Waals surface area contributed by atoms with Crippen LogP contribution in [-0.4, -0.2) is 33.4 Å². The second-order valence-corrected chi connectivity index (χ2v) is 7.78. The van der Waals surface area contributed by atoms with Gasteiger partial charge in [0.1, 0.15) is 6.54 Å². The first-order chi connectivity index (χ1) is 14.0. The molecule has 1 aromatic carbocycles. The van der Waals surface area contributed by atoms with E-state index >= 15 is 0 Å². The lowest BCUT2D eigenvalue weighted by molar-refractivity contribution is -0.132. The van der Waals surface area contributed by atoms with Gasteiger partial charge in [-0.2, -0.15) is 0 Å². The molecule has 0 radical (unpaired) electrons. The quantitative estimate of drug-likeness (QED) is 0.600. The van der Waals surface area contributed by atoms with Crippen LogP contribution < -0.4 is 0 Å². The number of aromatic nitrogens is 2. The lowest BCUT2D eigenvalue weighted by Crippen LogP contribution is -2.39. The minimum atomic E-state index is 0.211. The molecule has 0 aliphatic carbocycles. The number of fused-ring (bicyclic) bond motifs is 1. The van der Waals surface area contributed by atoms with Gasteiger partial charge in [-0.15, -0.1) is 0 Å². The van der Waals surface area contributed by atoms with Gasteiger partial charge >= 0.3 is 0 Å². The standard InChI is InChI=1S/C23H27N3O.C2H6/c1-16-5-4-6-20(18(16)3)19-8-11-25(12-9-19)23(27)15-26-14-17(2)21-13-24-10-7-22(21)26;1-2/h4-7,10,13-14,19H,8-9,11-12,15H2,1-3H3;1-2H3. The molecule has 1 saturated heterocycles. The van der Waals surface area contributed by atoms with Crippen LogP contribution in [0.5, 0.6) is 0 Å². The van der Waals surface area contributed by atoms with Crippen LogP contribution in [0.15, 0.2) is 42.9 Å². The van der Waals surface area contributed by atoms with Crippen LogP contribution in [0.3, 0.4) is 0 Å². The molecule has 29 heavy (non-hydrogen) atoms. The highest BCUT2D eigenvalue weighted by atomic mass is 16.2. The Kier molecular flexibility index (Phi) is 6.73. The molecule has 154 valence electrons. The molecule has 0 saturated carbocycles. The number of pyridine rings is 1. The number of piperidine rings is 1. The molecule has 4 heteroatoms. The summed E-state index contributed by atoms with van der Waals surface area (Å²) >= 11 is 0. The Balaban J connectivity index is 0.00000117. The van der Waals surface area contributed by atoms with Gasteiger partial charge in [-0.25, -0.2) is 0 Å². The van der Waals surface area contributed by atoms with Gasteiger partial charge in [0.2, 0.25) is 5.91 Å². The molecule has 2 aromatic heterocycles. The van der Waals surface area contributed by atoms with Crippen molar-refractivity contribution in [2.45, 2.75) is 59.9 Å². The third-order valence-corrected chi connectivity index (χ3v) is 6.12. The number of aryl methyl sites for hydroxylation is 2. The van der Waals surface area contributed by atoms with Crippen LogP contribution in [0.4, 0.5) is 0 Å². The van der Waals surface area contributed by atoms with Crippen molar-refractivity contribution in [2.24, 2.45) is 0 Å². The molecule has 3 heterocycles. The predicted molar refractivity (Wildman–Crippen MR) is 120 cm³/mol. The van der Waals surface area contributed by atoms with E-state index in [0.717, 1.165) is 36.8 Å². The van der Waals surface area contributed by atoms with E-state index in [1.54, 1.807) is 6.20 Å². The second kappa shape index (κ2) is 9.25. The zero-order valence-corrected chi connectivity index (χ0v) is 18.4. The predicted octanol–water partition coefficient (Wildman–Crippen LogP) is 5.39. The van der Waals surface area contributed by atoms with Crippen molar-refractivity contribution in [1.29, 1.82) is 0 Å². The molecule has 1 aliphatic rings. The van der Waals surface area contributed by atoms with E-state index < -0.39 is 0 Å². The molecular weight excluding hydrogens is 358 g/mol. The zero-order chi connectivity index (χ0) is 21.0. The van der Waals surface area contributed by atoms with Crippen molar-refractivity contribution < 1.29 is 4.79 Å². The Labute approximate surface area is 174 Å². The summed E-state index contributed by atoms with van der Waals surface area (Å²) in [6.07, 6.45) is 7.82. The molecule has 0 unspecified atom stereocenters. The molecule has 1 aliphatic heterocycles. The summed E-state index contributed by atoms with van der Waals surface area (Å²) in [7, 11) is 0. The minimum Gasteiger partial charge on any atom is -0.341 e. The summed E-state index contributed by atoms with van der Waals surface area (Å²) in [4.78, 5) is 19.1. The van der Waals surface area contributed by atoms with Gasteiger partial charge in [0.25, 0.3) is 0 Å². The molecule has 3 aromatic rings. The van der Waals surface area contributed by atoms with Crippen molar-refractivity contribution >= 4 is 16.8 Å². The van der Waals surface area contributed by atoms with Gasteiger partial charge in [0.05, 0.1) is 5.52 Å². The maximum atomic E-state index is 12.9. The molecule has 1 amide bonds. The topological polar surface area (TPSA) is 38.1 Å². The van der Waals surface area contributed by atoms with E-state index in [1.165, 1.54) is 22.3 Å². The molecule has 0 bridgehead atoms. The van der Waals surface area contributed by atoms with Crippen LogP contribution in [0, 0.1) is 20.8 Å². The van der Waals surface area contributed by atoms with Gasteiger partial charge in [-0.1, -0.05) is 32.0 Å². The third-order valence-electron chi connectivity index (χ3n) is 6.12. The van der Waals surface area contributed by atoms with Crippen LogP contribution >= 0.6 is 0 Å². The first kappa shape index (κ1) is 21.1. The Hall–Kier alpha value is -2.62. The number of amides is 1. The van der Waals surface area contributed by atoms with Gasteiger partial charge < -0.3 is 9.47 Å². The van der Waals surface area contributed by atoms with Crippen LogP contribution in [-0.2, 0) is 11.3 Å². The molecule has 4 rings (SSSR count). The van der Waals surface area contributed by atoms with Crippen LogP contribution in [0.1, 0.15) is 54.9 Å². The van der Waals surface area contributed by atoms with E-state index in [1.807, 2.05) is 31.0 Å². The molecule has 0 N–H and O–H groups in total. The summed E-state index contributed by atoms with van der Waals surface area (Å²) in [5, 5.41) is 1.12. The number of rotatable bonds is 3. The van der Waals surface area contributed by atoms with E-state index in [9.17, 15) is 4.79 Å². The minimum absolute atomic E-state index is 0.211. The first-order valence-corrected chi connectivity index (χ1v) is 10.8. The number of likely N-dealkylation sites (tertiary alicyclic amines) is 1. The Morgan fingerprint density at radius 3 is 2.52 bits per heavy atom. The summed E-state index contributed by atoms with van der Waals surface area (Å²) in [6.45, 7) is 12.6. The third kappa shape index (κ3) is 4.36. The summed E-state index contributed by atoms with van der Waals surface area (Å²) in [5.41, 5.74) is 6.47. The van der Waals surface area contributed by atoms with E-state index in [4.69, 9.17) is 0 Å². The largest absolute Gasteiger partial charge is 0.341 e. The smallest absolute Gasteiger partial charge is 0.242 e. The number of carbonyl (C=O) groups is 1. The van der Waals surface area contributed by atoms with Crippen molar-refractivity contribution in [3.63, 3.8) is 0 Å². The van der Waals surface area contributed by atoms with Crippen LogP contribution in [0.2, 0.25) is 0 Å². The fourth-order valence-electron chi connectivity index (χ4n) is 4.35. The highest BCUT2D eigenvalue weighted by molar-refractivity contribution is 5.85. The average Bonchev–Trinajstić information content (AvgIpc) is 3.07. The lowest BCUT2D eigenvalue weighted by Gasteiger charge is -2.33. The summed E-state index contributed by atoms with van der Waals surface area (Å²) in [6, 6.07) is 8.58. The van der Waals surface area contributed by atoms with Gasteiger partial charge in [-0.3, -0.25) is 9.78 Å². The maximum absolute atomic E-state index is 12.9. The van der Waals surface area contributed by atoms with E-state index in [0.29, 0.717) is 12.5 Å². The normalized spacial score (nSPS) is 14.6. The number of benzene rings is 1.